The van der Waals surface area contributed by atoms with Crippen LogP contribution in [0.5, 0.6) is 0 Å². The van der Waals surface area contributed by atoms with E-state index >= 15 is 0 Å². The Kier molecular flexibility index (Phi) is 35.3. The van der Waals surface area contributed by atoms with E-state index in [4.69, 9.17) is 18.9 Å². The standard InChI is InChI=1S/2C19H26O4.C13H18O3.C8H12O4.CH4.Na.H/c1-4-16-15-10-13-8-6-5-7-12(13)9-14(15)11-19(16,17(20)22-2)18(21)23-3;1-5-14-19(17(20)22-3,18(21)23-4)16(6-2)13-12-15-10-8-7-9-11-15;1-15-13(14)16-11-7-3-6-10-12-8-4-2-5-9-12;1-4-5-6(7(9)11-2)8(10)12-3;;;/h4,10,12,14-16H,1,5-9,11H2,2-3H3;5-6,10,12-13,16H,1-2,7-9,11,14H2,3-4H3;3,6-8,10H,2,4-5,9,11H2,1H3;4,6H,1,5H2,2-3H3;1H4;;/q;;;;;+1;-1/b;13-12+;7-3+,10-6+;;;;/t12?,14?,15?,16-;;;;;;/m1....../s1. The van der Waals surface area contributed by atoms with Gasteiger partial charge in [0.05, 0.1) is 49.8 Å². The van der Waals surface area contributed by atoms with Crippen LogP contribution in [0, 0.1) is 46.3 Å². The minimum absolute atomic E-state index is 0. The Bertz CT molecular complexity index is 2090. The average Bonchev–Trinajstić information content (AvgIpc) is 3.77. The summed E-state index contributed by atoms with van der Waals surface area (Å²) < 4.78 is 37.6. The van der Waals surface area contributed by atoms with Crippen molar-refractivity contribution in [3.05, 3.63) is 122 Å². The van der Waals surface area contributed by atoms with E-state index < -0.39 is 64.6 Å². The molecule has 0 aromatic heterocycles. The first kappa shape index (κ1) is 70.5. The zero-order valence-electron chi connectivity index (χ0n) is 46.9. The zero-order chi connectivity index (χ0) is 55.1. The predicted octanol–water partition coefficient (Wildman–Crippen LogP) is 8.69. The van der Waals surface area contributed by atoms with Gasteiger partial charge in [0.2, 0.25) is 0 Å². The Balaban J connectivity index is 0. The molecule has 2 fully saturated rings. The third-order valence-corrected chi connectivity index (χ3v) is 14.2. The number of ether oxygens (including phenoxy) is 8. The zero-order valence-corrected chi connectivity index (χ0v) is 47.9. The summed E-state index contributed by atoms with van der Waals surface area (Å²) in [4.78, 5) is 82.4. The normalized spacial score (nSPS) is 20.3. The van der Waals surface area contributed by atoms with Crippen molar-refractivity contribution >= 4 is 42.0 Å². The van der Waals surface area contributed by atoms with Crippen molar-refractivity contribution < 1.29 is 102 Å². The van der Waals surface area contributed by atoms with Gasteiger partial charge in [0.15, 0.2) is 16.7 Å². The maximum atomic E-state index is 12.6. The first-order valence-corrected chi connectivity index (χ1v) is 25.4. The van der Waals surface area contributed by atoms with Crippen molar-refractivity contribution in [2.75, 3.05) is 56.4 Å². The molecule has 15 nitrogen and oxygen atoms in total. The molecular weight excluding hydrogens is 984 g/mol. The monoisotopic (exact) mass is 1070 g/mol. The molecule has 0 aromatic rings. The molecule has 418 valence electrons. The van der Waals surface area contributed by atoms with E-state index in [0.29, 0.717) is 18.3 Å². The minimum atomic E-state index is -1.49. The number of rotatable bonds is 19. The van der Waals surface area contributed by atoms with Crippen LogP contribution in [0.3, 0.4) is 0 Å². The molecule has 2 saturated carbocycles. The first-order valence-electron chi connectivity index (χ1n) is 25.4. The SMILES string of the molecule is C.C=CCC(C(=O)OC)(C(=O)OC)C(C=C)/C=C/C1=CCCCC1.C=CCC(C(=O)OC)C(=O)OC.C=C[C@@H]1C2C=C3CCCCC3CC2CC1(C(=O)OC)C(=O)OC.COC(=O)OC/C=C/C=C/C1=CCCCC1.[H-].[Na+]. The Morgan fingerprint density at radius 2 is 1.28 bits per heavy atom. The molecule has 0 radical (unpaired) electrons. The van der Waals surface area contributed by atoms with Crippen LogP contribution in [-0.4, -0.2) is 98.3 Å². The van der Waals surface area contributed by atoms with Gasteiger partial charge in [-0.15, -0.1) is 26.3 Å². The molecule has 0 aromatic carbocycles. The average molecular weight is 1070 g/mol. The molecule has 0 N–H and O–H groups in total. The van der Waals surface area contributed by atoms with Crippen molar-refractivity contribution in [2.45, 2.75) is 110 Å². The Morgan fingerprint density at radius 3 is 1.74 bits per heavy atom. The first-order chi connectivity index (χ1) is 35.6. The molecule has 0 amide bonds. The van der Waals surface area contributed by atoms with E-state index in [1.54, 1.807) is 18.2 Å². The number of methoxy groups -OCH3 is 7. The van der Waals surface area contributed by atoms with Crippen LogP contribution in [0.2, 0.25) is 0 Å². The number of hydrogen-bond donors (Lipinski definition) is 0. The number of carbonyl (C=O) groups excluding carboxylic acids is 7. The number of allylic oxidation sites excluding steroid dienone is 15. The van der Waals surface area contributed by atoms with Crippen molar-refractivity contribution in [1.29, 1.82) is 0 Å². The van der Waals surface area contributed by atoms with Gasteiger partial charge in [-0.25, -0.2) is 4.79 Å². The van der Waals surface area contributed by atoms with Crippen molar-refractivity contribution in [1.82, 2.24) is 0 Å². The maximum Gasteiger partial charge on any atom is 1.00 e. The van der Waals surface area contributed by atoms with Crippen LogP contribution in [0.1, 0.15) is 112 Å². The van der Waals surface area contributed by atoms with Gasteiger partial charge in [-0.1, -0.05) is 103 Å². The second kappa shape index (κ2) is 38.1. The molecule has 5 atom stereocenters. The molecule has 0 bridgehead atoms. The Hall–Kier alpha value is -5.51. The molecule has 5 aliphatic carbocycles. The largest absolute Gasteiger partial charge is 1.00 e. The summed E-state index contributed by atoms with van der Waals surface area (Å²) in [5.41, 5.74) is 1.41. The van der Waals surface area contributed by atoms with Gasteiger partial charge in [0.25, 0.3) is 0 Å². The quantitative estimate of drug-likeness (QED) is 0.0298. The van der Waals surface area contributed by atoms with E-state index in [2.05, 4.69) is 69.6 Å². The fourth-order valence-corrected chi connectivity index (χ4v) is 10.4. The maximum absolute atomic E-state index is 12.6. The summed E-state index contributed by atoms with van der Waals surface area (Å²) in [7, 11) is 8.94. The van der Waals surface area contributed by atoms with Crippen LogP contribution in [0.15, 0.2) is 122 Å². The predicted molar refractivity (Wildman–Crippen MR) is 290 cm³/mol. The van der Waals surface area contributed by atoms with E-state index in [0.717, 1.165) is 32.1 Å². The number of esters is 6. The second-order valence-corrected chi connectivity index (χ2v) is 18.5. The fourth-order valence-electron chi connectivity index (χ4n) is 10.4. The Morgan fingerprint density at radius 1 is 0.711 bits per heavy atom. The molecule has 4 unspecified atom stereocenters. The summed E-state index contributed by atoms with van der Waals surface area (Å²) in [5, 5.41) is 0. The van der Waals surface area contributed by atoms with Gasteiger partial charge in [0.1, 0.15) is 6.61 Å². The van der Waals surface area contributed by atoms with Crippen LogP contribution in [0.4, 0.5) is 4.79 Å². The summed E-state index contributed by atoms with van der Waals surface area (Å²) in [6.07, 6.45) is 40.2. The van der Waals surface area contributed by atoms with E-state index in [9.17, 15) is 33.6 Å². The number of fused-ring (bicyclic) bond motifs is 2. The molecule has 0 spiro atoms. The van der Waals surface area contributed by atoms with Gasteiger partial charge in [-0.3, -0.25) is 28.8 Å². The van der Waals surface area contributed by atoms with Crippen molar-refractivity contribution in [2.24, 2.45) is 46.3 Å². The van der Waals surface area contributed by atoms with Gasteiger partial charge in [-0.05, 0) is 120 Å². The Labute approximate surface area is 476 Å². The third-order valence-electron chi connectivity index (χ3n) is 14.2. The molecular formula is C60H87NaO15. The smallest absolute Gasteiger partial charge is 1.00 e. The van der Waals surface area contributed by atoms with Gasteiger partial charge < -0.3 is 39.3 Å². The summed E-state index contributed by atoms with van der Waals surface area (Å²) >= 11 is 0. The number of hydrogen-bond acceptors (Lipinski definition) is 15. The topological polar surface area (TPSA) is 193 Å². The molecule has 16 heteroatoms. The van der Waals surface area contributed by atoms with Gasteiger partial charge >= 0.3 is 71.5 Å². The van der Waals surface area contributed by atoms with Crippen LogP contribution < -0.4 is 29.6 Å². The van der Waals surface area contributed by atoms with E-state index in [1.807, 2.05) is 24.3 Å². The van der Waals surface area contributed by atoms with E-state index in [1.165, 1.54) is 130 Å². The molecule has 76 heavy (non-hydrogen) atoms. The van der Waals surface area contributed by atoms with Crippen LogP contribution in [0.25, 0.3) is 0 Å². The molecule has 0 aliphatic heterocycles. The minimum Gasteiger partial charge on any atom is -1.00 e. The molecule has 0 saturated heterocycles. The van der Waals surface area contributed by atoms with Crippen LogP contribution >= 0.6 is 0 Å². The van der Waals surface area contributed by atoms with Crippen molar-refractivity contribution in [3.63, 3.8) is 0 Å². The van der Waals surface area contributed by atoms with Gasteiger partial charge in [-0.2, -0.15) is 0 Å². The third kappa shape index (κ3) is 19.8. The van der Waals surface area contributed by atoms with Crippen molar-refractivity contribution in [3.8, 4) is 0 Å². The second-order valence-electron chi connectivity index (χ2n) is 18.5. The number of carbonyl (C=O) groups is 7. The molecule has 5 rings (SSSR count). The van der Waals surface area contributed by atoms with Crippen LogP contribution in [-0.2, 0) is 66.7 Å². The molecule has 5 aliphatic rings. The van der Waals surface area contributed by atoms with E-state index in [-0.39, 0.29) is 69.7 Å². The summed E-state index contributed by atoms with van der Waals surface area (Å²) in [5.74, 6) is -3.96. The fraction of sp³-hybridized carbons (Fsp3) is 0.550. The summed E-state index contributed by atoms with van der Waals surface area (Å²) in [6, 6.07) is 0. The summed E-state index contributed by atoms with van der Waals surface area (Å²) in [6.45, 7) is 15.0. The molecule has 0 heterocycles. The van der Waals surface area contributed by atoms with Gasteiger partial charge in [0, 0.05) is 11.8 Å².